The highest BCUT2D eigenvalue weighted by atomic mass is 16.2. The third-order valence-corrected chi connectivity index (χ3v) is 6.14. The van der Waals surface area contributed by atoms with Gasteiger partial charge in [-0.05, 0) is 66.3 Å². The third-order valence-electron chi connectivity index (χ3n) is 6.14. The number of fused-ring (bicyclic) bond motifs is 2. The lowest BCUT2D eigenvalue weighted by Gasteiger charge is -2.17. The van der Waals surface area contributed by atoms with E-state index in [-0.39, 0.29) is 5.91 Å². The van der Waals surface area contributed by atoms with E-state index in [0.717, 1.165) is 28.0 Å². The van der Waals surface area contributed by atoms with Gasteiger partial charge in [-0.3, -0.25) is 4.79 Å². The van der Waals surface area contributed by atoms with E-state index in [1.165, 1.54) is 27.8 Å². The number of hydrogen-bond donors (Lipinski definition) is 0. The van der Waals surface area contributed by atoms with E-state index in [1.54, 1.807) is 0 Å². The van der Waals surface area contributed by atoms with E-state index in [9.17, 15) is 4.79 Å². The van der Waals surface area contributed by atoms with Crippen LogP contribution in [-0.2, 0) is 11.3 Å². The minimum atomic E-state index is 0.0604. The average Bonchev–Trinajstić information content (AvgIpc) is 3.26. The highest BCUT2D eigenvalue weighted by Crippen LogP contribution is 2.41. The molecule has 1 heterocycles. The molecule has 0 radical (unpaired) electrons. The van der Waals surface area contributed by atoms with E-state index >= 15 is 0 Å². The second kappa shape index (κ2) is 7.55. The summed E-state index contributed by atoms with van der Waals surface area (Å²) >= 11 is 0. The van der Waals surface area contributed by atoms with Crippen molar-refractivity contribution in [2.75, 3.05) is 4.90 Å². The molecule has 152 valence electrons. The summed E-state index contributed by atoms with van der Waals surface area (Å²) in [5.74, 6) is 0.0604. The average molecular weight is 404 g/mol. The van der Waals surface area contributed by atoms with E-state index < -0.39 is 0 Å². The Hall–Kier alpha value is -3.65. The van der Waals surface area contributed by atoms with Crippen LogP contribution in [-0.4, -0.2) is 5.91 Å². The van der Waals surface area contributed by atoms with Gasteiger partial charge >= 0.3 is 0 Å². The summed E-state index contributed by atoms with van der Waals surface area (Å²) in [6.45, 7) is 7.02. The second-order valence-electron chi connectivity index (χ2n) is 8.43. The van der Waals surface area contributed by atoms with Crippen LogP contribution in [0.5, 0.6) is 0 Å². The van der Waals surface area contributed by atoms with Crippen LogP contribution in [0.25, 0.3) is 22.8 Å². The second-order valence-corrected chi connectivity index (χ2v) is 8.43. The van der Waals surface area contributed by atoms with Crippen molar-refractivity contribution in [3.63, 3.8) is 0 Å². The van der Waals surface area contributed by atoms with Crippen LogP contribution in [0.2, 0.25) is 0 Å². The Kier molecular flexibility index (Phi) is 4.71. The molecule has 31 heavy (non-hydrogen) atoms. The van der Waals surface area contributed by atoms with Crippen LogP contribution in [0.1, 0.15) is 33.4 Å². The predicted octanol–water partition coefficient (Wildman–Crippen LogP) is 6.80. The quantitative estimate of drug-likeness (QED) is 0.344. The molecule has 5 rings (SSSR count). The van der Waals surface area contributed by atoms with Gasteiger partial charge < -0.3 is 4.90 Å². The first-order valence-electron chi connectivity index (χ1n) is 10.7. The van der Waals surface area contributed by atoms with Crippen LogP contribution in [0.4, 0.5) is 5.69 Å². The van der Waals surface area contributed by atoms with Gasteiger partial charge in [0.15, 0.2) is 0 Å². The fourth-order valence-corrected chi connectivity index (χ4v) is 4.78. The van der Waals surface area contributed by atoms with Crippen LogP contribution >= 0.6 is 0 Å². The molecule has 1 aliphatic heterocycles. The fourth-order valence-electron chi connectivity index (χ4n) is 4.78. The molecule has 0 N–H and O–H groups in total. The number of benzene rings is 2. The first-order chi connectivity index (χ1) is 15.0. The smallest absolute Gasteiger partial charge is 0.259 e. The predicted molar refractivity (Wildman–Crippen MR) is 129 cm³/mol. The minimum Gasteiger partial charge on any atom is -0.303 e. The molecule has 2 aromatic carbocycles. The number of anilines is 1. The summed E-state index contributed by atoms with van der Waals surface area (Å²) in [5, 5.41) is 0. The molecular weight excluding hydrogens is 378 g/mol. The maximum Gasteiger partial charge on any atom is 0.259 e. The van der Waals surface area contributed by atoms with Crippen LogP contribution < -0.4 is 4.90 Å². The van der Waals surface area contributed by atoms with Gasteiger partial charge in [-0.1, -0.05) is 78.4 Å². The van der Waals surface area contributed by atoms with Gasteiger partial charge in [-0.15, -0.1) is 0 Å². The third kappa shape index (κ3) is 3.34. The van der Waals surface area contributed by atoms with Crippen molar-refractivity contribution >= 4 is 23.2 Å². The Labute approximate surface area is 183 Å². The van der Waals surface area contributed by atoms with Crippen molar-refractivity contribution in [1.82, 2.24) is 0 Å². The van der Waals surface area contributed by atoms with Gasteiger partial charge in [-0.2, -0.15) is 0 Å². The summed E-state index contributed by atoms with van der Waals surface area (Å²) in [4.78, 5) is 15.4. The van der Waals surface area contributed by atoms with Gasteiger partial charge in [0, 0.05) is 11.1 Å². The normalized spacial score (nSPS) is 14.5. The lowest BCUT2D eigenvalue weighted by molar-refractivity contribution is -0.113. The van der Waals surface area contributed by atoms with Gasteiger partial charge in [0.05, 0.1) is 12.2 Å². The summed E-state index contributed by atoms with van der Waals surface area (Å²) in [6, 6.07) is 27.0. The highest BCUT2D eigenvalue weighted by Gasteiger charge is 2.32. The Balaban J connectivity index is 1.63. The largest absolute Gasteiger partial charge is 0.303 e. The molecule has 2 aromatic rings. The summed E-state index contributed by atoms with van der Waals surface area (Å²) in [6.07, 6.45) is 2.08. The first-order valence-corrected chi connectivity index (χ1v) is 10.7. The highest BCUT2D eigenvalue weighted by molar-refractivity contribution is 6.36. The molecule has 2 nitrogen and oxygen atoms in total. The van der Waals surface area contributed by atoms with Crippen LogP contribution in [0.15, 0.2) is 78.9 Å². The van der Waals surface area contributed by atoms with Crippen molar-refractivity contribution in [3.8, 4) is 11.1 Å². The number of rotatable bonds is 3. The van der Waals surface area contributed by atoms with Gasteiger partial charge in [-0.25, -0.2) is 0 Å². The van der Waals surface area contributed by atoms with E-state index in [2.05, 4.69) is 69.3 Å². The van der Waals surface area contributed by atoms with Crippen molar-refractivity contribution in [1.29, 1.82) is 0 Å². The Morgan fingerprint density at radius 3 is 2.29 bits per heavy atom. The molecule has 0 unspecified atom stereocenters. The Morgan fingerprint density at radius 2 is 1.48 bits per heavy atom. The summed E-state index contributed by atoms with van der Waals surface area (Å²) in [7, 11) is 0. The zero-order valence-electron chi connectivity index (χ0n) is 18.1. The number of nitrogens with zero attached hydrogens (tertiary/aromatic N) is 1. The van der Waals surface area contributed by atoms with Crippen molar-refractivity contribution in [3.05, 3.63) is 112 Å². The monoisotopic (exact) mass is 403 g/mol. The Morgan fingerprint density at radius 1 is 0.774 bits per heavy atom. The molecule has 3 aliphatic rings. The number of amides is 1. The number of carbonyl (C=O) groups is 1. The van der Waals surface area contributed by atoms with Gasteiger partial charge in [0.2, 0.25) is 0 Å². The van der Waals surface area contributed by atoms with Crippen LogP contribution in [0.3, 0.4) is 0 Å². The molecule has 0 spiro atoms. The molecule has 0 bridgehead atoms. The lowest BCUT2D eigenvalue weighted by Crippen LogP contribution is -2.25. The van der Waals surface area contributed by atoms with E-state index in [1.807, 2.05) is 41.3 Å². The van der Waals surface area contributed by atoms with Crippen molar-refractivity contribution < 1.29 is 4.79 Å². The summed E-state index contributed by atoms with van der Waals surface area (Å²) < 4.78 is 0. The molecule has 0 saturated heterocycles. The Bertz CT molecular complexity index is 1300. The topological polar surface area (TPSA) is 20.3 Å². The standard InChI is InChI=1S/C29H25NO/c1-19-15-20(2)24-14-13-23(28(24)21(3)16-19)17-26-25-11-7-8-12-27(25)30(29(26)31)18-22-9-5-4-6-10-22/h4-17H,18H2,1-3H3/b26-17-. The molecule has 2 heteroatoms. The SMILES string of the molecule is Cc1cc(C)c2ccc(/C=C3\C(=O)N(Cc4ccccc4)c4ccccc43)c-2c(C)c1. The maximum atomic E-state index is 13.6. The molecular formula is C29H25NO. The zero-order chi connectivity index (χ0) is 21.5. The van der Waals surface area contributed by atoms with Gasteiger partial charge in [0.1, 0.15) is 0 Å². The molecule has 2 aliphatic carbocycles. The molecule has 1 amide bonds. The number of carbonyl (C=O) groups excluding carboxylic acids is 1. The van der Waals surface area contributed by atoms with Crippen molar-refractivity contribution in [2.45, 2.75) is 27.3 Å². The molecule has 0 atom stereocenters. The molecule has 0 aromatic heterocycles. The number of para-hydroxylation sites is 1. The van der Waals surface area contributed by atoms with E-state index in [0.29, 0.717) is 6.54 Å². The minimum absolute atomic E-state index is 0.0604. The van der Waals surface area contributed by atoms with Crippen molar-refractivity contribution in [2.24, 2.45) is 0 Å². The number of aryl methyl sites for hydroxylation is 3. The number of hydrogen-bond acceptors (Lipinski definition) is 1. The first kappa shape index (κ1) is 19.3. The van der Waals surface area contributed by atoms with E-state index in [4.69, 9.17) is 0 Å². The fraction of sp³-hybridized carbons (Fsp3) is 0.138. The van der Waals surface area contributed by atoms with Gasteiger partial charge in [0.25, 0.3) is 5.91 Å². The molecule has 0 fully saturated rings. The van der Waals surface area contributed by atoms with Crippen LogP contribution in [0, 0.1) is 20.8 Å². The zero-order valence-corrected chi connectivity index (χ0v) is 18.1. The maximum absolute atomic E-state index is 13.6. The lowest BCUT2D eigenvalue weighted by atomic mass is 9.98. The summed E-state index contributed by atoms with van der Waals surface area (Å²) in [5.41, 5.74) is 11.2. The molecule has 0 saturated carbocycles.